The second kappa shape index (κ2) is 12.0. The molecule has 8 nitrogen and oxygen atoms in total. The maximum absolute atomic E-state index is 14.2. The molecule has 222 valence electrons. The van der Waals surface area contributed by atoms with Crippen molar-refractivity contribution < 1.29 is 19.1 Å². The highest BCUT2D eigenvalue weighted by molar-refractivity contribution is 6.02. The Labute approximate surface area is 248 Å². The van der Waals surface area contributed by atoms with E-state index in [1.807, 2.05) is 61.5 Å². The smallest absolute Gasteiger partial charge is 0.246 e. The summed E-state index contributed by atoms with van der Waals surface area (Å²) < 4.78 is 6.50. The van der Waals surface area contributed by atoms with E-state index in [0.29, 0.717) is 18.7 Å². The second-order valence-corrected chi connectivity index (χ2v) is 12.5. The van der Waals surface area contributed by atoms with Gasteiger partial charge in [0.15, 0.2) is 0 Å². The van der Waals surface area contributed by atoms with Crippen LogP contribution in [0, 0.1) is 18.8 Å². The SMILES string of the molecule is Cc1ccc(NC(=O)C2[C@H]3C=CC4(O3)C(C(=O)NC3CCCCC3)N(CCCN(C)Cc3ccccc3)C(=O)[C@@H]24)cc1. The fourth-order valence-electron chi connectivity index (χ4n) is 7.38. The molecule has 2 N–H and O–H groups in total. The zero-order valence-electron chi connectivity index (χ0n) is 24.6. The molecule has 2 saturated heterocycles. The van der Waals surface area contributed by atoms with Crippen LogP contribution in [0.4, 0.5) is 5.69 Å². The number of anilines is 1. The van der Waals surface area contributed by atoms with Crippen molar-refractivity contribution in [3.63, 3.8) is 0 Å². The minimum absolute atomic E-state index is 0.110. The van der Waals surface area contributed by atoms with E-state index >= 15 is 0 Å². The maximum Gasteiger partial charge on any atom is 0.246 e. The normalized spacial score (nSPS) is 28.4. The molecule has 0 aromatic heterocycles. The van der Waals surface area contributed by atoms with Crippen LogP contribution in [-0.4, -0.2) is 71.4 Å². The van der Waals surface area contributed by atoms with E-state index in [0.717, 1.165) is 44.3 Å². The highest BCUT2D eigenvalue weighted by Gasteiger charge is 2.72. The minimum atomic E-state index is -1.13. The van der Waals surface area contributed by atoms with Gasteiger partial charge >= 0.3 is 0 Å². The van der Waals surface area contributed by atoms with E-state index in [4.69, 9.17) is 4.74 Å². The van der Waals surface area contributed by atoms with Crippen LogP contribution in [-0.2, 0) is 25.7 Å². The van der Waals surface area contributed by atoms with Gasteiger partial charge in [0.2, 0.25) is 17.7 Å². The van der Waals surface area contributed by atoms with Gasteiger partial charge in [-0.05, 0) is 57.5 Å². The molecule has 5 atom stereocenters. The van der Waals surface area contributed by atoms with Gasteiger partial charge in [-0.15, -0.1) is 0 Å². The number of benzene rings is 2. The van der Waals surface area contributed by atoms with Gasteiger partial charge < -0.3 is 25.2 Å². The molecular weight excluding hydrogens is 528 g/mol. The molecule has 1 spiro atoms. The average molecular weight is 571 g/mol. The van der Waals surface area contributed by atoms with Crippen LogP contribution in [0.3, 0.4) is 0 Å². The summed E-state index contributed by atoms with van der Waals surface area (Å²) in [4.78, 5) is 45.8. The predicted octanol–water partition coefficient (Wildman–Crippen LogP) is 4.06. The first-order chi connectivity index (χ1) is 20.4. The van der Waals surface area contributed by atoms with E-state index in [-0.39, 0.29) is 23.8 Å². The van der Waals surface area contributed by atoms with Crippen molar-refractivity contribution in [2.45, 2.75) is 75.8 Å². The van der Waals surface area contributed by atoms with Gasteiger partial charge in [0.05, 0.1) is 17.9 Å². The van der Waals surface area contributed by atoms with Crippen LogP contribution in [0.25, 0.3) is 0 Å². The van der Waals surface area contributed by atoms with Crippen molar-refractivity contribution in [3.8, 4) is 0 Å². The molecule has 4 aliphatic rings. The average Bonchev–Trinajstić information content (AvgIpc) is 3.63. The number of nitrogens with zero attached hydrogens (tertiary/aromatic N) is 2. The largest absolute Gasteiger partial charge is 0.359 e. The molecular formula is C34H42N4O4. The third-order valence-electron chi connectivity index (χ3n) is 9.43. The molecule has 3 heterocycles. The van der Waals surface area contributed by atoms with Crippen LogP contribution >= 0.6 is 0 Å². The lowest BCUT2D eigenvalue weighted by Crippen LogP contribution is -2.56. The van der Waals surface area contributed by atoms with Crippen LogP contribution in [0.2, 0.25) is 0 Å². The second-order valence-electron chi connectivity index (χ2n) is 12.5. The number of hydrogen-bond donors (Lipinski definition) is 2. The summed E-state index contributed by atoms with van der Waals surface area (Å²) in [5.41, 5.74) is 1.88. The third kappa shape index (κ3) is 5.50. The Kier molecular flexibility index (Phi) is 8.19. The predicted molar refractivity (Wildman–Crippen MR) is 161 cm³/mol. The summed E-state index contributed by atoms with van der Waals surface area (Å²) >= 11 is 0. The Morgan fingerprint density at radius 3 is 2.50 bits per heavy atom. The van der Waals surface area contributed by atoms with E-state index < -0.39 is 29.6 Å². The first-order valence-electron chi connectivity index (χ1n) is 15.4. The van der Waals surface area contributed by atoms with Crippen LogP contribution in [0.15, 0.2) is 66.7 Å². The summed E-state index contributed by atoms with van der Waals surface area (Å²) in [6.07, 6.45) is 9.23. The number of amides is 3. The molecule has 2 aromatic carbocycles. The van der Waals surface area contributed by atoms with Gasteiger partial charge in [-0.3, -0.25) is 14.4 Å². The van der Waals surface area contributed by atoms with Crippen molar-refractivity contribution in [1.82, 2.24) is 15.1 Å². The van der Waals surface area contributed by atoms with Gasteiger partial charge in [-0.25, -0.2) is 0 Å². The number of nitrogens with one attached hydrogen (secondary N) is 2. The highest BCUT2D eigenvalue weighted by atomic mass is 16.5. The number of hydrogen-bond acceptors (Lipinski definition) is 5. The Morgan fingerprint density at radius 1 is 1.02 bits per heavy atom. The maximum atomic E-state index is 14.2. The summed E-state index contributed by atoms with van der Waals surface area (Å²) in [6, 6.07) is 17.2. The lowest BCUT2D eigenvalue weighted by atomic mass is 9.74. The van der Waals surface area contributed by atoms with Gasteiger partial charge in [-0.2, -0.15) is 0 Å². The number of carbonyl (C=O) groups excluding carboxylic acids is 3. The lowest BCUT2D eigenvalue weighted by Gasteiger charge is -2.34. The van der Waals surface area contributed by atoms with Crippen LogP contribution in [0.1, 0.15) is 49.7 Å². The van der Waals surface area contributed by atoms with E-state index in [9.17, 15) is 14.4 Å². The molecule has 1 aliphatic carbocycles. The number of aryl methyl sites for hydroxylation is 1. The van der Waals surface area contributed by atoms with Crippen molar-refractivity contribution in [1.29, 1.82) is 0 Å². The van der Waals surface area contributed by atoms with Crippen molar-refractivity contribution in [2.75, 3.05) is 25.5 Å². The molecule has 1 saturated carbocycles. The quantitative estimate of drug-likeness (QED) is 0.421. The minimum Gasteiger partial charge on any atom is -0.359 e. The molecule has 3 fully saturated rings. The molecule has 0 radical (unpaired) electrons. The first kappa shape index (κ1) is 28.6. The fourth-order valence-corrected chi connectivity index (χ4v) is 7.38. The van der Waals surface area contributed by atoms with E-state index in [1.54, 1.807) is 4.90 Å². The first-order valence-corrected chi connectivity index (χ1v) is 15.4. The number of fused-ring (bicyclic) bond motifs is 1. The molecule has 2 bridgehead atoms. The Hall–Kier alpha value is -3.49. The monoisotopic (exact) mass is 570 g/mol. The van der Waals surface area contributed by atoms with Crippen molar-refractivity contribution in [3.05, 3.63) is 77.9 Å². The number of ether oxygens (including phenoxy) is 1. The van der Waals surface area contributed by atoms with Crippen molar-refractivity contribution in [2.24, 2.45) is 11.8 Å². The lowest BCUT2D eigenvalue weighted by molar-refractivity contribution is -0.141. The van der Waals surface area contributed by atoms with Gasteiger partial charge in [-0.1, -0.05) is 79.4 Å². The van der Waals surface area contributed by atoms with E-state index in [1.165, 1.54) is 12.0 Å². The number of carbonyl (C=O) groups is 3. The number of rotatable bonds is 10. The summed E-state index contributed by atoms with van der Waals surface area (Å²) in [5.74, 6) is -2.01. The Balaban J connectivity index is 1.21. The molecule has 2 aromatic rings. The molecule has 8 heteroatoms. The van der Waals surface area contributed by atoms with Gasteiger partial charge in [0, 0.05) is 24.8 Å². The summed E-state index contributed by atoms with van der Waals surface area (Å²) in [6.45, 7) is 3.99. The molecule has 3 amide bonds. The van der Waals surface area contributed by atoms with Crippen molar-refractivity contribution >= 4 is 23.4 Å². The fraction of sp³-hybridized carbons (Fsp3) is 0.500. The Morgan fingerprint density at radius 2 is 1.76 bits per heavy atom. The molecule has 3 unspecified atom stereocenters. The molecule has 3 aliphatic heterocycles. The van der Waals surface area contributed by atoms with Crippen LogP contribution < -0.4 is 10.6 Å². The van der Waals surface area contributed by atoms with Gasteiger partial charge in [0.25, 0.3) is 0 Å². The Bertz CT molecular complexity index is 1320. The summed E-state index contributed by atoms with van der Waals surface area (Å²) in [7, 11) is 2.07. The van der Waals surface area contributed by atoms with E-state index in [2.05, 4.69) is 34.7 Å². The molecule has 6 rings (SSSR count). The number of likely N-dealkylation sites (tertiary alicyclic amines) is 1. The third-order valence-corrected chi connectivity index (χ3v) is 9.43. The molecule has 42 heavy (non-hydrogen) atoms. The zero-order valence-corrected chi connectivity index (χ0v) is 24.6. The van der Waals surface area contributed by atoms with Gasteiger partial charge in [0.1, 0.15) is 11.6 Å². The standard InChI is InChI=1S/C34H42N4O4/c1-23-14-16-26(17-15-23)35-31(39)28-27-18-19-34(42-27)29(28)33(41)38(30(34)32(40)36-25-12-7-4-8-13-25)21-9-20-37(2)22-24-10-5-3-6-11-24/h3,5-6,10-11,14-19,25,27-30H,4,7-9,12-13,20-22H2,1-2H3,(H,35,39)(H,36,40)/t27-,28?,29-,30?,34?/m1/s1. The highest BCUT2D eigenvalue weighted by Crippen LogP contribution is 2.55. The summed E-state index contributed by atoms with van der Waals surface area (Å²) in [5, 5.41) is 6.27. The zero-order chi connectivity index (χ0) is 29.3. The van der Waals surface area contributed by atoms with Crippen LogP contribution in [0.5, 0.6) is 0 Å². The topological polar surface area (TPSA) is 91.0 Å².